The Hall–Kier alpha value is -2.00. The van der Waals surface area contributed by atoms with E-state index in [4.69, 9.17) is 19.0 Å². The van der Waals surface area contributed by atoms with Gasteiger partial charge < -0.3 is 24.3 Å². The number of hydrogen-bond acceptors (Lipinski definition) is 5. The van der Waals surface area contributed by atoms with E-state index >= 15 is 0 Å². The highest BCUT2D eigenvalue weighted by molar-refractivity contribution is 6.62. The molecule has 8 heteroatoms. The van der Waals surface area contributed by atoms with E-state index in [1.807, 2.05) is 42.5 Å². The second-order valence-corrected chi connectivity index (χ2v) is 9.78. The van der Waals surface area contributed by atoms with Gasteiger partial charge in [-0.1, -0.05) is 49.0 Å². The summed E-state index contributed by atoms with van der Waals surface area (Å²) in [4.78, 5) is 11.6. The minimum atomic E-state index is -3.01. The molecule has 0 bridgehead atoms. The molecule has 2 atom stereocenters. The molecule has 0 saturated heterocycles. The molecule has 2 rings (SSSR count). The van der Waals surface area contributed by atoms with Crippen LogP contribution in [0.2, 0.25) is 5.54 Å². The quantitative estimate of drug-likeness (QED) is 0.400. The van der Waals surface area contributed by atoms with Gasteiger partial charge >= 0.3 is 8.80 Å². The zero-order chi connectivity index (χ0) is 21.3. The van der Waals surface area contributed by atoms with Crippen LogP contribution in [0.1, 0.15) is 23.5 Å². The average Bonchev–Trinajstić information content (AvgIpc) is 2.77. The van der Waals surface area contributed by atoms with E-state index in [9.17, 15) is 4.79 Å². The average molecular weight is 451 g/mol. The molecule has 164 valence electrons. The molecule has 6 nitrogen and oxygen atoms in total. The molecule has 0 fully saturated rings. The lowest BCUT2D eigenvalue weighted by Gasteiger charge is -2.38. The fourth-order valence-electron chi connectivity index (χ4n) is 3.72. The summed E-state index contributed by atoms with van der Waals surface area (Å²) in [5.41, 5.74) is 8.79. The van der Waals surface area contributed by atoms with Gasteiger partial charge in [0.15, 0.2) is 0 Å². The van der Waals surface area contributed by atoms with E-state index in [1.54, 1.807) is 21.3 Å². The number of carbonyl (C=O) groups is 1. The third kappa shape index (κ3) is 6.01. The Kier molecular flexibility index (Phi) is 11.0. The molecule has 0 aliphatic carbocycles. The van der Waals surface area contributed by atoms with Gasteiger partial charge in [0.1, 0.15) is 0 Å². The first-order chi connectivity index (χ1) is 14.0. The minimum absolute atomic E-state index is 0. The Balaban J connectivity index is 0.00000450. The lowest BCUT2D eigenvalue weighted by atomic mass is 9.86. The van der Waals surface area contributed by atoms with Gasteiger partial charge in [0.2, 0.25) is 5.91 Å². The summed E-state index contributed by atoms with van der Waals surface area (Å²) in [6.07, 6.45) is 1.92. The number of anilines is 1. The Morgan fingerprint density at radius 3 is 2.03 bits per heavy atom. The van der Waals surface area contributed by atoms with Crippen molar-refractivity contribution in [3.63, 3.8) is 0 Å². The molecule has 0 aliphatic heterocycles. The summed E-state index contributed by atoms with van der Waals surface area (Å²) in [6.45, 7) is 3.96. The zero-order valence-electron chi connectivity index (χ0n) is 17.7. The van der Waals surface area contributed by atoms with Crippen LogP contribution < -0.4 is 11.1 Å². The summed E-state index contributed by atoms with van der Waals surface area (Å²) in [7, 11) is 1.87. The molecule has 30 heavy (non-hydrogen) atoms. The van der Waals surface area contributed by atoms with Crippen LogP contribution in [0, 0.1) is 0 Å². The number of rotatable bonds is 11. The summed E-state index contributed by atoms with van der Waals surface area (Å²) in [6, 6.07) is 17.9. The lowest BCUT2D eigenvalue weighted by molar-refractivity contribution is -0.111. The number of halogens is 1. The molecule has 0 spiro atoms. The van der Waals surface area contributed by atoms with E-state index in [-0.39, 0.29) is 29.8 Å². The van der Waals surface area contributed by atoms with Crippen LogP contribution >= 0.6 is 12.4 Å². The van der Waals surface area contributed by atoms with Crippen LogP contribution in [0.25, 0.3) is 0 Å². The number of nitrogens with two attached hydrogens (primary N) is 1. The van der Waals surface area contributed by atoms with Gasteiger partial charge in [-0.25, -0.2) is 0 Å². The number of nitrogens with one attached hydrogen (secondary N) is 1. The number of benzene rings is 2. The SMILES string of the molecule is C=CC(=O)Nc1ccc(C(c2ccccc2)C(CCN)[Si](OC)(OC)OC)cc1.Cl. The van der Waals surface area contributed by atoms with Gasteiger partial charge in [-0.3, -0.25) is 4.79 Å². The maximum atomic E-state index is 11.6. The van der Waals surface area contributed by atoms with Crippen LogP contribution in [-0.4, -0.2) is 42.6 Å². The Morgan fingerprint density at radius 1 is 1.03 bits per heavy atom. The lowest BCUT2D eigenvalue weighted by Crippen LogP contribution is -2.50. The Labute approximate surface area is 186 Å². The molecule has 3 N–H and O–H groups in total. The van der Waals surface area contributed by atoms with Crippen molar-refractivity contribution in [2.75, 3.05) is 33.2 Å². The van der Waals surface area contributed by atoms with Gasteiger partial charge in [0.25, 0.3) is 0 Å². The Morgan fingerprint density at radius 2 is 1.57 bits per heavy atom. The largest absolute Gasteiger partial charge is 0.504 e. The predicted octanol–water partition coefficient (Wildman–Crippen LogP) is 3.96. The first-order valence-corrected chi connectivity index (χ1v) is 11.3. The van der Waals surface area contributed by atoms with Crippen LogP contribution in [0.5, 0.6) is 0 Å². The minimum Gasteiger partial charge on any atom is -0.377 e. The van der Waals surface area contributed by atoms with Crippen molar-refractivity contribution in [1.82, 2.24) is 0 Å². The van der Waals surface area contributed by atoms with E-state index in [2.05, 4.69) is 24.0 Å². The van der Waals surface area contributed by atoms with Gasteiger partial charge in [-0.05, 0) is 42.3 Å². The summed E-state index contributed by atoms with van der Waals surface area (Å²) < 4.78 is 17.5. The molecule has 2 unspecified atom stereocenters. The normalized spacial score (nSPS) is 13.1. The second kappa shape index (κ2) is 12.6. The van der Waals surface area contributed by atoms with Crippen molar-refractivity contribution < 1.29 is 18.1 Å². The predicted molar refractivity (Wildman–Crippen MR) is 125 cm³/mol. The topological polar surface area (TPSA) is 82.8 Å². The number of hydrogen-bond donors (Lipinski definition) is 2. The standard InChI is InChI=1S/C22H30N2O4Si.ClH/c1-5-21(25)24-19-13-11-18(12-14-19)22(17-9-7-6-8-10-17)20(15-16-23)29(26-2,27-3)28-4;/h5-14,20,22H,1,15-16,23H2,2-4H3,(H,24,25);1H. The smallest absolute Gasteiger partial charge is 0.377 e. The molecule has 0 heterocycles. The maximum Gasteiger partial charge on any atom is 0.504 e. The van der Waals surface area contributed by atoms with Gasteiger partial charge in [0.05, 0.1) is 0 Å². The molecular formula is C22H31ClN2O4Si. The van der Waals surface area contributed by atoms with Crippen LogP contribution in [-0.2, 0) is 18.1 Å². The maximum absolute atomic E-state index is 11.6. The molecule has 0 aliphatic rings. The molecule has 2 aromatic rings. The number of carbonyl (C=O) groups excluding carboxylic acids is 1. The van der Waals surface area contributed by atoms with E-state index in [1.165, 1.54) is 6.08 Å². The van der Waals surface area contributed by atoms with Gasteiger partial charge in [-0.15, -0.1) is 12.4 Å². The van der Waals surface area contributed by atoms with Crippen molar-refractivity contribution in [2.24, 2.45) is 5.73 Å². The third-order valence-electron chi connectivity index (χ3n) is 5.07. The zero-order valence-corrected chi connectivity index (χ0v) is 19.5. The second-order valence-electron chi connectivity index (χ2n) is 6.60. The first kappa shape index (κ1) is 26.0. The summed E-state index contributed by atoms with van der Waals surface area (Å²) in [5.74, 6) is -0.293. The van der Waals surface area contributed by atoms with Crippen LogP contribution in [0.15, 0.2) is 67.3 Å². The monoisotopic (exact) mass is 450 g/mol. The summed E-state index contributed by atoms with van der Waals surface area (Å²) >= 11 is 0. The van der Waals surface area contributed by atoms with Gasteiger partial charge in [-0.2, -0.15) is 0 Å². The highest BCUT2D eigenvalue weighted by Gasteiger charge is 2.51. The van der Waals surface area contributed by atoms with E-state index < -0.39 is 8.80 Å². The van der Waals surface area contributed by atoms with Crippen LogP contribution in [0.4, 0.5) is 5.69 Å². The van der Waals surface area contributed by atoms with Crippen LogP contribution in [0.3, 0.4) is 0 Å². The number of amides is 1. The van der Waals surface area contributed by atoms with Crippen molar-refractivity contribution in [3.05, 3.63) is 78.4 Å². The summed E-state index contributed by atoms with van der Waals surface area (Å²) in [5, 5.41) is 2.77. The van der Waals surface area contributed by atoms with Gasteiger partial charge in [0, 0.05) is 38.5 Å². The molecule has 0 aromatic heterocycles. The highest BCUT2D eigenvalue weighted by atomic mass is 35.5. The fraction of sp³-hybridized carbons (Fsp3) is 0.318. The molecule has 0 radical (unpaired) electrons. The van der Waals surface area contributed by atoms with Crippen molar-refractivity contribution in [1.29, 1.82) is 0 Å². The molecular weight excluding hydrogens is 420 g/mol. The molecule has 2 aromatic carbocycles. The first-order valence-electron chi connectivity index (χ1n) is 9.49. The Bertz CT molecular complexity index is 777. The molecule has 1 amide bonds. The third-order valence-corrected chi connectivity index (χ3v) is 8.31. The molecule has 0 saturated carbocycles. The highest BCUT2D eigenvalue weighted by Crippen LogP contribution is 2.44. The van der Waals surface area contributed by atoms with Crippen molar-refractivity contribution >= 4 is 32.8 Å². The van der Waals surface area contributed by atoms with Crippen molar-refractivity contribution in [3.8, 4) is 0 Å². The van der Waals surface area contributed by atoms with Crippen molar-refractivity contribution in [2.45, 2.75) is 17.9 Å². The van der Waals surface area contributed by atoms with E-state index in [0.717, 1.165) is 11.1 Å². The fourth-order valence-corrected chi connectivity index (χ4v) is 6.44. The van der Waals surface area contributed by atoms with E-state index in [0.29, 0.717) is 18.7 Å².